The first-order valence-corrected chi connectivity index (χ1v) is 6.28. The third-order valence-electron chi connectivity index (χ3n) is 3.13. The van der Waals surface area contributed by atoms with Crippen molar-refractivity contribution in [3.63, 3.8) is 0 Å². The van der Waals surface area contributed by atoms with Crippen LogP contribution in [0.4, 0.5) is 4.39 Å². The molecule has 0 aliphatic rings. The molecule has 1 aromatic carbocycles. The van der Waals surface area contributed by atoms with Gasteiger partial charge >= 0.3 is 5.69 Å². The third kappa shape index (κ3) is 2.76. The van der Waals surface area contributed by atoms with Gasteiger partial charge in [0.15, 0.2) is 0 Å². The van der Waals surface area contributed by atoms with Gasteiger partial charge in [-0.05, 0) is 19.9 Å². The largest absolute Gasteiger partial charge is 0.328 e. The number of benzene rings is 1. The van der Waals surface area contributed by atoms with Crippen molar-refractivity contribution in [3.05, 3.63) is 58.5 Å². The smallest absolute Gasteiger partial charge is 0.322 e. The number of imidazole rings is 1. The highest BCUT2D eigenvalue weighted by molar-refractivity contribution is 5.20. The van der Waals surface area contributed by atoms with Crippen molar-refractivity contribution < 1.29 is 4.39 Å². The molecule has 2 aromatic rings. The molecule has 1 unspecified atom stereocenters. The summed E-state index contributed by atoms with van der Waals surface area (Å²) in [7, 11) is 0. The maximum atomic E-state index is 13.6. The molecule has 1 aromatic heterocycles. The molecular weight excluding hydrogens is 245 g/mol. The Morgan fingerprint density at radius 2 is 1.95 bits per heavy atom. The lowest BCUT2D eigenvalue weighted by Crippen LogP contribution is -2.29. The van der Waals surface area contributed by atoms with Crippen LogP contribution in [-0.2, 0) is 6.54 Å². The van der Waals surface area contributed by atoms with Crippen LogP contribution in [0.3, 0.4) is 0 Å². The summed E-state index contributed by atoms with van der Waals surface area (Å²) in [6.45, 7) is 4.13. The maximum absolute atomic E-state index is 13.6. The molecule has 4 nitrogen and oxygen atoms in total. The van der Waals surface area contributed by atoms with Gasteiger partial charge in [-0.1, -0.05) is 18.2 Å². The molecule has 1 heterocycles. The standard InChI is InChI=1S/C14H18FN3O/c1-10(2)18-8-7-17(14(18)19)9-13(16)11-5-3-4-6-12(11)15/h3-8,10,13H,9,16H2,1-2H3. The molecule has 0 amide bonds. The van der Waals surface area contributed by atoms with E-state index in [4.69, 9.17) is 5.73 Å². The van der Waals surface area contributed by atoms with Crippen molar-refractivity contribution in [2.45, 2.75) is 32.5 Å². The first-order valence-electron chi connectivity index (χ1n) is 6.28. The summed E-state index contributed by atoms with van der Waals surface area (Å²) >= 11 is 0. The summed E-state index contributed by atoms with van der Waals surface area (Å²) in [5.41, 5.74) is 6.27. The van der Waals surface area contributed by atoms with Crippen LogP contribution in [0.1, 0.15) is 31.5 Å². The van der Waals surface area contributed by atoms with Gasteiger partial charge in [-0.3, -0.25) is 9.13 Å². The molecule has 19 heavy (non-hydrogen) atoms. The van der Waals surface area contributed by atoms with Gasteiger partial charge < -0.3 is 5.73 Å². The lowest BCUT2D eigenvalue weighted by atomic mass is 10.1. The van der Waals surface area contributed by atoms with E-state index >= 15 is 0 Å². The number of aromatic nitrogens is 2. The van der Waals surface area contributed by atoms with Crippen LogP contribution in [0.5, 0.6) is 0 Å². The van der Waals surface area contributed by atoms with Crippen molar-refractivity contribution >= 4 is 0 Å². The van der Waals surface area contributed by atoms with Gasteiger partial charge in [-0.2, -0.15) is 0 Å². The predicted octanol–water partition coefficient (Wildman–Crippen LogP) is 2.07. The number of nitrogens with two attached hydrogens (primary N) is 1. The molecule has 0 aliphatic carbocycles. The van der Waals surface area contributed by atoms with E-state index < -0.39 is 6.04 Å². The minimum atomic E-state index is -0.540. The molecule has 0 saturated carbocycles. The molecule has 0 spiro atoms. The Morgan fingerprint density at radius 1 is 1.26 bits per heavy atom. The SMILES string of the molecule is CC(C)n1ccn(CC(N)c2ccccc2F)c1=O. The summed E-state index contributed by atoms with van der Waals surface area (Å²) in [5, 5.41) is 0. The minimum absolute atomic E-state index is 0.0958. The van der Waals surface area contributed by atoms with Gasteiger partial charge in [0.05, 0.1) is 6.04 Å². The van der Waals surface area contributed by atoms with Crippen LogP contribution in [0.15, 0.2) is 41.5 Å². The summed E-state index contributed by atoms with van der Waals surface area (Å²) in [6, 6.07) is 5.93. The van der Waals surface area contributed by atoms with E-state index in [2.05, 4.69) is 0 Å². The second-order valence-electron chi connectivity index (χ2n) is 4.86. The minimum Gasteiger partial charge on any atom is -0.322 e. The number of rotatable bonds is 4. The lowest BCUT2D eigenvalue weighted by Gasteiger charge is -2.13. The van der Waals surface area contributed by atoms with Gasteiger partial charge in [0.25, 0.3) is 0 Å². The Morgan fingerprint density at radius 3 is 2.53 bits per heavy atom. The van der Waals surface area contributed by atoms with Crippen molar-refractivity contribution in [3.8, 4) is 0 Å². The number of hydrogen-bond donors (Lipinski definition) is 1. The van der Waals surface area contributed by atoms with Gasteiger partial charge in [-0.25, -0.2) is 9.18 Å². The second kappa shape index (κ2) is 5.40. The van der Waals surface area contributed by atoms with Crippen molar-refractivity contribution in [2.24, 2.45) is 5.73 Å². The van der Waals surface area contributed by atoms with Gasteiger partial charge in [0.1, 0.15) is 5.82 Å². The van der Waals surface area contributed by atoms with Crippen molar-refractivity contribution in [1.29, 1.82) is 0 Å². The van der Waals surface area contributed by atoms with Gasteiger partial charge in [0.2, 0.25) is 0 Å². The molecule has 102 valence electrons. The Kier molecular flexibility index (Phi) is 3.85. The Labute approximate surface area is 111 Å². The monoisotopic (exact) mass is 263 g/mol. The zero-order chi connectivity index (χ0) is 14.0. The zero-order valence-corrected chi connectivity index (χ0v) is 11.1. The van der Waals surface area contributed by atoms with E-state index in [1.54, 1.807) is 35.2 Å². The number of hydrogen-bond acceptors (Lipinski definition) is 2. The first-order chi connectivity index (χ1) is 9.00. The fraction of sp³-hybridized carbons (Fsp3) is 0.357. The highest BCUT2D eigenvalue weighted by atomic mass is 19.1. The molecule has 0 aliphatic heterocycles. The molecule has 0 radical (unpaired) electrons. The van der Waals surface area contributed by atoms with Crippen LogP contribution in [0.2, 0.25) is 0 Å². The van der Waals surface area contributed by atoms with Gasteiger partial charge in [-0.15, -0.1) is 0 Å². The van der Waals surface area contributed by atoms with E-state index in [0.29, 0.717) is 5.56 Å². The molecule has 0 fully saturated rings. The fourth-order valence-corrected chi connectivity index (χ4v) is 2.05. The van der Waals surface area contributed by atoms with Crippen LogP contribution in [-0.4, -0.2) is 9.13 Å². The highest BCUT2D eigenvalue weighted by Crippen LogP contribution is 2.15. The Bertz CT molecular complexity index is 615. The van der Waals surface area contributed by atoms with Crippen LogP contribution in [0.25, 0.3) is 0 Å². The Hall–Kier alpha value is -1.88. The summed E-state index contributed by atoms with van der Waals surface area (Å²) in [6.07, 6.45) is 3.41. The highest BCUT2D eigenvalue weighted by Gasteiger charge is 2.14. The number of halogens is 1. The molecule has 1 atom stereocenters. The third-order valence-corrected chi connectivity index (χ3v) is 3.13. The predicted molar refractivity (Wildman–Crippen MR) is 72.4 cm³/mol. The molecule has 2 rings (SSSR count). The van der Waals surface area contributed by atoms with Crippen LogP contribution < -0.4 is 11.4 Å². The van der Waals surface area contributed by atoms with Crippen molar-refractivity contribution in [1.82, 2.24) is 9.13 Å². The van der Waals surface area contributed by atoms with Crippen LogP contribution in [0, 0.1) is 5.82 Å². The van der Waals surface area contributed by atoms with Crippen LogP contribution >= 0.6 is 0 Å². The topological polar surface area (TPSA) is 52.9 Å². The summed E-state index contributed by atoms with van der Waals surface area (Å²) in [5.74, 6) is -0.341. The molecular formula is C14H18FN3O. The van der Waals surface area contributed by atoms with Gasteiger partial charge in [0, 0.05) is 30.5 Å². The van der Waals surface area contributed by atoms with E-state index in [1.165, 1.54) is 10.6 Å². The van der Waals surface area contributed by atoms with E-state index in [1.807, 2.05) is 13.8 Å². The average Bonchev–Trinajstić information content (AvgIpc) is 2.71. The van der Waals surface area contributed by atoms with E-state index in [-0.39, 0.29) is 24.1 Å². The second-order valence-corrected chi connectivity index (χ2v) is 4.86. The molecule has 5 heteroatoms. The molecule has 0 saturated heterocycles. The average molecular weight is 263 g/mol. The normalized spacial score (nSPS) is 12.9. The zero-order valence-electron chi connectivity index (χ0n) is 11.1. The lowest BCUT2D eigenvalue weighted by molar-refractivity contribution is 0.502. The Balaban J connectivity index is 2.23. The first kappa shape index (κ1) is 13.5. The number of nitrogens with zero attached hydrogens (tertiary/aromatic N) is 2. The van der Waals surface area contributed by atoms with E-state index in [9.17, 15) is 9.18 Å². The quantitative estimate of drug-likeness (QED) is 0.918. The molecule has 2 N–H and O–H groups in total. The fourth-order valence-electron chi connectivity index (χ4n) is 2.05. The molecule has 0 bridgehead atoms. The van der Waals surface area contributed by atoms with E-state index in [0.717, 1.165) is 0 Å². The summed E-state index contributed by atoms with van der Waals surface area (Å²) < 4.78 is 16.7. The summed E-state index contributed by atoms with van der Waals surface area (Å²) in [4.78, 5) is 12.0. The van der Waals surface area contributed by atoms with Crippen molar-refractivity contribution in [2.75, 3.05) is 0 Å². The maximum Gasteiger partial charge on any atom is 0.328 e.